The predicted molar refractivity (Wildman–Crippen MR) is 93.8 cm³/mol. The minimum atomic E-state index is -4.14. The van der Waals surface area contributed by atoms with Crippen LogP contribution >= 0.6 is 0 Å². The second-order valence-electron chi connectivity index (χ2n) is 5.33. The number of rotatable bonds is 5. The number of methoxy groups -OCH3 is 2. The fourth-order valence-corrected chi connectivity index (χ4v) is 3.55. The second kappa shape index (κ2) is 6.60. The third-order valence-corrected chi connectivity index (χ3v) is 4.92. The Hall–Kier alpha value is -2.80. The molecule has 25 heavy (non-hydrogen) atoms. The van der Waals surface area contributed by atoms with E-state index >= 15 is 0 Å². The highest BCUT2D eigenvalue weighted by Crippen LogP contribution is 2.32. The van der Waals surface area contributed by atoms with E-state index < -0.39 is 10.1 Å². The SMILES string of the molecule is COc1ccc(OC)c(S(=O)(=O)Oc2cccc3ccc(C)nc23)c1. The molecule has 3 aromatic rings. The van der Waals surface area contributed by atoms with Crippen LogP contribution in [0.2, 0.25) is 0 Å². The van der Waals surface area contributed by atoms with Gasteiger partial charge in [0, 0.05) is 17.1 Å². The van der Waals surface area contributed by atoms with E-state index in [-0.39, 0.29) is 16.4 Å². The van der Waals surface area contributed by atoms with Crippen LogP contribution in [0, 0.1) is 6.92 Å². The van der Waals surface area contributed by atoms with E-state index in [9.17, 15) is 8.42 Å². The maximum Gasteiger partial charge on any atom is 0.343 e. The molecule has 0 bridgehead atoms. The van der Waals surface area contributed by atoms with Crippen molar-refractivity contribution in [3.05, 3.63) is 54.2 Å². The van der Waals surface area contributed by atoms with Crippen molar-refractivity contribution in [2.75, 3.05) is 14.2 Å². The van der Waals surface area contributed by atoms with Gasteiger partial charge in [-0.25, -0.2) is 4.98 Å². The Morgan fingerprint density at radius 1 is 0.920 bits per heavy atom. The molecule has 0 fully saturated rings. The van der Waals surface area contributed by atoms with Crippen molar-refractivity contribution < 1.29 is 22.1 Å². The molecule has 2 aromatic carbocycles. The Morgan fingerprint density at radius 2 is 1.72 bits per heavy atom. The summed E-state index contributed by atoms with van der Waals surface area (Å²) in [4.78, 5) is 4.27. The van der Waals surface area contributed by atoms with Gasteiger partial charge < -0.3 is 13.7 Å². The first kappa shape index (κ1) is 17.0. The Morgan fingerprint density at radius 3 is 2.44 bits per heavy atom. The number of aryl methyl sites for hydroxylation is 1. The summed E-state index contributed by atoms with van der Waals surface area (Å²) in [7, 11) is -1.29. The molecule has 1 heterocycles. The van der Waals surface area contributed by atoms with Gasteiger partial charge in [0.1, 0.15) is 17.0 Å². The van der Waals surface area contributed by atoms with Crippen LogP contribution in [0.5, 0.6) is 17.2 Å². The van der Waals surface area contributed by atoms with Crippen molar-refractivity contribution in [1.82, 2.24) is 4.98 Å². The molecule has 0 amide bonds. The quantitative estimate of drug-likeness (QED) is 0.651. The van der Waals surface area contributed by atoms with Crippen LogP contribution in [-0.2, 0) is 10.1 Å². The van der Waals surface area contributed by atoms with Gasteiger partial charge in [-0.15, -0.1) is 0 Å². The lowest BCUT2D eigenvalue weighted by molar-refractivity contribution is 0.388. The monoisotopic (exact) mass is 359 g/mol. The summed E-state index contributed by atoms with van der Waals surface area (Å²) in [6.45, 7) is 1.83. The van der Waals surface area contributed by atoms with E-state index in [0.717, 1.165) is 11.1 Å². The molecule has 0 saturated carbocycles. The lowest BCUT2D eigenvalue weighted by atomic mass is 10.2. The summed E-state index contributed by atoms with van der Waals surface area (Å²) in [5.41, 5.74) is 1.24. The largest absolute Gasteiger partial charge is 0.497 e. The first-order chi connectivity index (χ1) is 11.9. The average molecular weight is 359 g/mol. The van der Waals surface area contributed by atoms with Crippen LogP contribution in [0.25, 0.3) is 10.9 Å². The molecule has 6 nitrogen and oxygen atoms in total. The summed E-state index contributed by atoms with van der Waals surface area (Å²) in [6, 6.07) is 13.3. The number of para-hydroxylation sites is 1. The zero-order chi connectivity index (χ0) is 18.0. The Bertz CT molecular complexity index is 1030. The van der Waals surface area contributed by atoms with E-state index in [1.54, 1.807) is 18.2 Å². The van der Waals surface area contributed by atoms with Gasteiger partial charge in [0.15, 0.2) is 10.6 Å². The predicted octanol–water partition coefficient (Wildman–Crippen LogP) is 3.33. The van der Waals surface area contributed by atoms with Gasteiger partial charge in [0.25, 0.3) is 0 Å². The standard InChI is InChI=1S/C18H17NO5S/c1-12-7-8-13-5-4-6-16(18(13)19-12)24-25(20,21)17-11-14(22-2)9-10-15(17)23-3/h4-11H,1-3H3. The minimum absolute atomic E-state index is 0.112. The summed E-state index contributed by atoms with van der Waals surface area (Å²) in [5, 5.41) is 0.788. The minimum Gasteiger partial charge on any atom is -0.497 e. The molecule has 0 saturated heterocycles. The lowest BCUT2D eigenvalue weighted by Gasteiger charge is -2.13. The highest BCUT2D eigenvalue weighted by molar-refractivity contribution is 7.87. The summed E-state index contributed by atoms with van der Waals surface area (Å²) < 4.78 is 41.2. The van der Waals surface area contributed by atoms with Gasteiger partial charge in [0.2, 0.25) is 0 Å². The van der Waals surface area contributed by atoms with Crippen LogP contribution < -0.4 is 13.7 Å². The van der Waals surface area contributed by atoms with Gasteiger partial charge >= 0.3 is 10.1 Å². The molecule has 130 valence electrons. The van der Waals surface area contributed by atoms with Gasteiger partial charge in [-0.1, -0.05) is 18.2 Å². The van der Waals surface area contributed by atoms with Crippen molar-refractivity contribution in [2.45, 2.75) is 11.8 Å². The zero-order valence-electron chi connectivity index (χ0n) is 14.0. The van der Waals surface area contributed by atoms with Gasteiger partial charge in [-0.3, -0.25) is 0 Å². The number of benzene rings is 2. The van der Waals surface area contributed by atoms with E-state index in [1.165, 1.54) is 26.4 Å². The lowest BCUT2D eigenvalue weighted by Crippen LogP contribution is -2.12. The van der Waals surface area contributed by atoms with Gasteiger partial charge in [-0.05, 0) is 31.2 Å². The fourth-order valence-electron chi connectivity index (χ4n) is 2.43. The van der Waals surface area contributed by atoms with Crippen molar-refractivity contribution in [2.24, 2.45) is 0 Å². The molecule has 0 unspecified atom stereocenters. The third-order valence-electron chi connectivity index (χ3n) is 3.66. The van der Waals surface area contributed by atoms with Crippen molar-refractivity contribution in [3.63, 3.8) is 0 Å². The summed E-state index contributed by atoms with van der Waals surface area (Å²) in [5.74, 6) is 0.714. The normalized spacial score (nSPS) is 11.3. The summed E-state index contributed by atoms with van der Waals surface area (Å²) in [6.07, 6.45) is 0. The van der Waals surface area contributed by atoms with E-state index in [2.05, 4.69) is 4.98 Å². The number of aromatic nitrogens is 1. The van der Waals surface area contributed by atoms with Crippen LogP contribution in [-0.4, -0.2) is 27.6 Å². The molecule has 1 aromatic heterocycles. The summed E-state index contributed by atoms with van der Waals surface area (Å²) >= 11 is 0. The molecule has 0 atom stereocenters. The third kappa shape index (κ3) is 3.36. The van der Waals surface area contributed by atoms with Gasteiger partial charge in [-0.2, -0.15) is 8.42 Å². The molecule has 0 aliphatic heterocycles. The second-order valence-corrected chi connectivity index (χ2v) is 6.85. The Kier molecular flexibility index (Phi) is 4.50. The van der Waals surface area contributed by atoms with Crippen LogP contribution in [0.1, 0.15) is 5.69 Å². The zero-order valence-corrected chi connectivity index (χ0v) is 14.8. The molecule has 0 N–H and O–H groups in total. The van der Waals surface area contributed by atoms with E-state index in [4.69, 9.17) is 13.7 Å². The fraction of sp³-hybridized carbons (Fsp3) is 0.167. The smallest absolute Gasteiger partial charge is 0.343 e. The average Bonchev–Trinajstić information content (AvgIpc) is 2.61. The number of fused-ring (bicyclic) bond motifs is 1. The van der Waals surface area contributed by atoms with Crippen LogP contribution in [0.3, 0.4) is 0 Å². The Balaban J connectivity index is 2.10. The van der Waals surface area contributed by atoms with Crippen LogP contribution in [0.15, 0.2) is 53.4 Å². The first-order valence-corrected chi connectivity index (χ1v) is 8.88. The number of hydrogen-bond acceptors (Lipinski definition) is 6. The molecule has 7 heteroatoms. The van der Waals surface area contributed by atoms with Crippen LogP contribution in [0.4, 0.5) is 0 Å². The van der Waals surface area contributed by atoms with Crippen molar-refractivity contribution in [1.29, 1.82) is 0 Å². The van der Waals surface area contributed by atoms with E-state index in [0.29, 0.717) is 11.3 Å². The van der Waals surface area contributed by atoms with Gasteiger partial charge in [0.05, 0.1) is 14.2 Å². The molecule has 3 rings (SSSR count). The maximum atomic E-state index is 12.8. The highest BCUT2D eigenvalue weighted by atomic mass is 32.2. The molecular weight excluding hydrogens is 342 g/mol. The molecule has 0 aliphatic rings. The van der Waals surface area contributed by atoms with Crippen molar-refractivity contribution >= 4 is 21.0 Å². The Labute approximate surface area is 146 Å². The first-order valence-electron chi connectivity index (χ1n) is 7.47. The number of pyridine rings is 1. The van der Waals surface area contributed by atoms with E-state index in [1.807, 2.05) is 25.1 Å². The molecular formula is C18H17NO5S. The maximum absolute atomic E-state index is 12.8. The number of nitrogens with zero attached hydrogens (tertiary/aromatic N) is 1. The number of hydrogen-bond donors (Lipinski definition) is 0. The molecule has 0 radical (unpaired) electrons. The topological polar surface area (TPSA) is 74.7 Å². The number of ether oxygens (including phenoxy) is 2. The highest BCUT2D eigenvalue weighted by Gasteiger charge is 2.24. The molecule has 0 spiro atoms. The van der Waals surface area contributed by atoms with Crippen molar-refractivity contribution in [3.8, 4) is 17.2 Å². The molecule has 0 aliphatic carbocycles.